The average molecular weight is 484 g/mol. The molecular formula is C21H30BrNO5Si. The van der Waals surface area contributed by atoms with Crippen LogP contribution in [0.3, 0.4) is 0 Å². The van der Waals surface area contributed by atoms with Crippen LogP contribution in [-0.2, 0) is 15.6 Å². The van der Waals surface area contributed by atoms with Gasteiger partial charge in [-0.05, 0) is 46.5 Å². The van der Waals surface area contributed by atoms with E-state index in [0.29, 0.717) is 31.1 Å². The summed E-state index contributed by atoms with van der Waals surface area (Å²) in [5, 5.41) is 0.0927. The first-order valence-corrected chi connectivity index (χ1v) is 14.0. The molecule has 3 heterocycles. The molecule has 0 bridgehead atoms. The van der Waals surface area contributed by atoms with Gasteiger partial charge in [0, 0.05) is 18.6 Å². The molecule has 3 aliphatic heterocycles. The minimum absolute atomic E-state index is 0.00242. The van der Waals surface area contributed by atoms with Crippen molar-refractivity contribution in [3.63, 3.8) is 0 Å². The Kier molecular flexibility index (Phi) is 5.51. The Balaban J connectivity index is 1.61. The number of carbonyl (C=O) groups excluding carboxylic acids is 1. The van der Waals surface area contributed by atoms with Crippen LogP contribution < -0.4 is 9.47 Å². The van der Waals surface area contributed by atoms with Crippen molar-refractivity contribution < 1.29 is 23.4 Å². The van der Waals surface area contributed by atoms with Crippen molar-refractivity contribution in [3.05, 3.63) is 21.7 Å². The normalized spacial score (nSPS) is 24.6. The van der Waals surface area contributed by atoms with Crippen LogP contribution in [0, 0.1) is 0 Å². The fourth-order valence-corrected chi connectivity index (χ4v) is 5.87. The molecule has 0 aliphatic carbocycles. The summed E-state index contributed by atoms with van der Waals surface area (Å²) < 4.78 is 25.0. The third-order valence-electron chi connectivity index (χ3n) is 6.64. The summed E-state index contributed by atoms with van der Waals surface area (Å²) in [5.41, 5.74) is 1.59. The van der Waals surface area contributed by atoms with Crippen molar-refractivity contribution in [1.29, 1.82) is 0 Å². The van der Waals surface area contributed by atoms with Crippen LogP contribution in [0.1, 0.15) is 43.1 Å². The molecule has 1 aromatic rings. The highest BCUT2D eigenvalue weighted by Gasteiger charge is 2.45. The van der Waals surface area contributed by atoms with Gasteiger partial charge in [-0.15, -0.1) is 0 Å². The second kappa shape index (κ2) is 7.55. The number of nitrogens with zero attached hydrogens (tertiary/aromatic N) is 1. The Hall–Kier alpha value is -1.09. The van der Waals surface area contributed by atoms with Crippen molar-refractivity contribution in [1.82, 2.24) is 4.90 Å². The largest absolute Gasteiger partial charge is 0.492 e. The van der Waals surface area contributed by atoms with Gasteiger partial charge in [-0.1, -0.05) is 20.8 Å². The van der Waals surface area contributed by atoms with E-state index in [0.717, 1.165) is 28.6 Å². The van der Waals surface area contributed by atoms with E-state index < -0.39 is 8.32 Å². The first-order valence-electron chi connectivity index (χ1n) is 10.3. The van der Waals surface area contributed by atoms with E-state index in [1.165, 1.54) is 0 Å². The molecule has 2 atom stereocenters. The highest BCUT2D eigenvalue weighted by Crippen LogP contribution is 2.45. The van der Waals surface area contributed by atoms with Crippen LogP contribution in [-0.4, -0.2) is 57.8 Å². The summed E-state index contributed by atoms with van der Waals surface area (Å²) >= 11 is 3.55. The lowest BCUT2D eigenvalue weighted by Crippen LogP contribution is -2.58. The Labute approximate surface area is 182 Å². The van der Waals surface area contributed by atoms with Crippen LogP contribution in [0.25, 0.3) is 0 Å². The van der Waals surface area contributed by atoms with Crippen LogP contribution in [0.15, 0.2) is 10.5 Å². The van der Waals surface area contributed by atoms with Gasteiger partial charge in [-0.25, -0.2) is 0 Å². The van der Waals surface area contributed by atoms with Crippen molar-refractivity contribution in [2.24, 2.45) is 0 Å². The highest BCUT2D eigenvalue weighted by molar-refractivity contribution is 9.10. The zero-order valence-corrected chi connectivity index (χ0v) is 20.4. The first kappa shape index (κ1) is 21.2. The molecule has 4 rings (SSSR count). The third-order valence-corrected chi connectivity index (χ3v) is 11.7. The smallest absolute Gasteiger partial charge is 0.260 e. The fourth-order valence-electron chi connectivity index (χ4n) is 3.95. The Bertz CT molecular complexity index is 822. The number of carbonyl (C=O) groups is 1. The zero-order valence-electron chi connectivity index (χ0n) is 17.8. The van der Waals surface area contributed by atoms with Gasteiger partial charge in [-0.2, -0.15) is 0 Å². The molecule has 1 fully saturated rings. The van der Waals surface area contributed by atoms with Crippen molar-refractivity contribution in [2.75, 3.05) is 26.6 Å². The molecule has 3 aliphatic rings. The molecule has 1 aromatic carbocycles. The van der Waals surface area contributed by atoms with Crippen molar-refractivity contribution in [3.8, 4) is 11.5 Å². The number of benzene rings is 1. The number of hydrogen-bond donors (Lipinski definition) is 0. The van der Waals surface area contributed by atoms with Gasteiger partial charge in [0.25, 0.3) is 5.91 Å². The molecule has 0 unspecified atom stereocenters. The van der Waals surface area contributed by atoms with E-state index in [-0.39, 0.29) is 29.8 Å². The van der Waals surface area contributed by atoms with Crippen LogP contribution >= 0.6 is 15.9 Å². The maximum Gasteiger partial charge on any atom is 0.260 e. The number of rotatable bonds is 3. The van der Waals surface area contributed by atoms with Gasteiger partial charge in [0.15, 0.2) is 15.0 Å². The molecule has 160 valence electrons. The van der Waals surface area contributed by atoms with E-state index >= 15 is 0 Å². The number of halogens is 1. The summed E-state index contributed by atoms with van der Waals surface area (Å²) in [7, 11) is -2.00. The lowest BCUT2D eigenvalue weighted by atomic mass is 10.00. The molecule has 1 saturated heterocycles. The molecule has 0 N–H and O–H groups in total. The molecule has 1 amide bonds. The standard InChI is InChI=1S/C21H30BrNO5Si/c1-21(2,3)29(4,5)28-17-11-25-8-7-16(17)23-12-27-18-13-6-9-26-19(13)15(22)10-14(18)20(23)24/h10,16-17H,6-9,11-12H2,1-5H3/t16-,17-/m0/s1. The second-order valence-electron chi connectivity index (χ2n) is 9.54. The molecule has 29 heavy (non-hydrogen) atoms. The van der Waals surface area contributed by atoms with Gasteiger partial charge in [0.05, 0.1) is 35.4 Å². The van der Waals surface area contributed by atoms with Crippen LogP contribution in [0.5, 0.6) is 11.5 Å². The summed E-state index contributed by atoms with van der Waals surface area (Å²) in [5.74, 6) is 1.48. The number of amides is 1. The SMILES string of the molecule is CC(C)(C)[Si](C)(C)O[C@H]1COCC[C@@H]1N1COc2c(cc(Br)c3c2CCO3)C1=O. The van der Waals surface area contributed by atoms with Gasteiger partial charge in [-0.3, -0.25) is 9.69 Å². The van der Waals surface area contributed by atoms with E-state index in [2.05, 4.69) is 49.8 Å². The molecule has 8 heteroatoms. The number of ether oxygens (including phenoxy) is 3. The van der Waals surface area contributed by atoms with Crippen molar-refractivity contribution in [2.45, 2.75) is 63.9 Å². The second-order valence-corrected chi connectivity index (χ2v) is 15.1. The third kappa shape index (κ3) is 3.73. The predicted molar refractivity (Wildman–Crippen MR) is 116 cm³/mol. The van der Waals surface area contributed by atoms with E-state index in [9.17, 15) is 4.79 Å². The average Bonchev–Trinajstić information content (AvgIpc) is 3.13. The van der Waals surface area contributed by atoms with E-state index in [4.69, 9.17) is 18.6 Å². The van der Waals surface area contributed by atoms with Gasteiger partial charge < -0.3 is 18.6 Å². The number of fused-ring (bicyclic) bond motifs is 3. The van der Waals surface area contributed by atoms with Crippen LogP contribution in [0.4, 0.5) is 0 Å². The van der Waals surface area contributed by atoms with Crippen molar-refractivity contribution >= 4 is 30.2 Å². The van der Waals surface area contributed by atoms with E-state index in [1.807, 2.05) is 11.0 Å². The van der Waals surface area contributed by atoms with Gasteiger partial charge in [0.2, 0.25) is 0 Å². The molecule has 0 saturated carbocycles. The Morgan fingerprint density at radius 1 is 1.21 bits per heavy atom. The first-order chi connectivity index (χ1) is 13.6. The molecule has 6 nitrogen and oxygen atoms in total. The lowest BCUT2D eigenvalue weighted by Gasteiger charge is -2.46. The number of hydrogen-bond acceptors (Lipinski definition) is 5. The van der Waals surface area contributed by atoms with Gasteiger partial charge >= 0.3 is 0 Å². The minimum atomic E-state index is -2.00. The van der Waals surface area contributed by atoms with E-state index in [1.54, 1.807) is 0 Å². The minimum Gasteiger partial charge on any atom is -0.492 e. The maximum absolute atomic E-state index is 13.5. The maximum atomic E-state index is 13.5. The quantitative estimate of drug-likeness (QED) is 0.597. The van der Waals surface area contributed by atoms with Crippen LogP contribution in [0.2, 0.25) is 18.1 Å². The predicted octanol–water partition coefficient (Wildman–Crippen LogP) is 4.36. The fraction of sp³-hybridized carbons (Fsp3) is 0.667. The zero-order chi connectivity index (χ0) is 21.0. The summed E-state index contributed by atoms with van der Waals surface area (Å²) in [6, 6.07) is 1.78. The van der Waals surface area contributed by atoms with Gasteiger partial charge in [0.1, 0.15) is 11.5 Å². The summed E-state index contributed by atoms with van der Waals surface area (Å²) in [4.78, 5) is 15.3. The summed E-state index contributed by atoms with van der Waals surface area (Å²) in [6.45, 7) is 13.1. The molecule has 0 radical (unpaired) electrons. The Morgan fingerprint density at radius 3 is 2.69 bits per heavy atom. The molecule has 0 spiro atoms. The topological polar surface area (TPSA) is 57.2 Å². The molecular weight excluding hydrogens is 454 g/mol. The monoisotopic (exact) mass is 483 g/mol. The lowest BCUT2D eigenvalue weighted by molar-refractivity contribution is -0.0658. The Morgan fingerprint density at radius 2 is 1.97 bits per heavy atom. The highest BCUT2D eigenvalue weighted by atomic mass is 79.9. The molecule has 0 aromatic heterocycles. The summed E-state index contributed by atoms with van der Waals surface area (Å²) in [6.07, 6.45) is 1.37.